The Morgan fingerprint density at radius 2 is 1.25 bits per heavy atom. The molecular formula is C15H28Sn. The Kier molecular flexibility index (Phi) is 10.7. The SMILES string of the molecule is C#[C][Sn][C](CCCC)(CCCC)CCCC. The van der Waals surface area contributed by atoms with Gasteiger partial charge in [0.2, 0.25) is 0 Å². The van der Waals surface area contributed by atoms with Gasteiger partial charge in [-0.05, 0) is 0 Å². The molecule has 0 heterocycles. The summed E-state index contributed by atoms with van der Waals surface area (Å²) in [5.74, 6) is 0. The molecule has 1 heteroatoms. The molecule has 0 rings (SSSR count). The van der Waals surface area contributed by atoms with E-state index in [0.29, 0.717) is 3.43 Å². The average molecular weight is 327 g/mol. The Balaban J connectivity index is 4.39. The van der Waals surface area contributed by atoms with Gasteiger partial charge in [-0.25, -0.2) is 0 Å². The Morgan fingerprint density at radius 3 is 1.50 bits per heavy atom. The molecule has 0 aliphatic carbocycles. The molecule has 16 heavy (non-hydrogen) atoms. The molecule has 0 nitrogen and oxygen atoms in total. The van der Waals surface area contributed by atoms with Crippen LogP contribution in [-0.4, -0.2) is 21.1 Å². The van der Waals surface area contributed by atoms with Crippen LogP contribution >= 0.6 is 0 Å². The van der Waals surface area contributed by atoms with Gasteiger partial charge in [0, 0.05) is 0 Å². The summed E-state index contributed by atoms with van der Waals surface area (Å²) in [5, 5.41) is 0. The van der Waals surface area contributed by atoms with Gasteiger partial charge in [0.05, 0.1) is 0 Å². The molecule has 0 aliphatic heterocycles. The molecule has 0 unspecified atom stereocenters. The van der Waals surface area contributed by atoms with Crippen molar-refractivity contribution >= 4 is 21.1 Å². The topological polar surface area (TPSA) is 0 Å². The minimum atomic E-state index is -0.595. The van der Waals surface area contributed by atoms with Gasteiger partial charge in [-0.2, -0.15) is 0 Å². The molecule has 0 aromatic heterocycles. The summed E-state index contributed by atoms with van der Waals surface area (Å²) in [4.78, 5) is 0. The summed E-state index contributed by atoms with van der Waals surface area (Å²) in [6.07, 6.45) is 18.0. The molecule has 92 valence electrons. The molecule has 0 N–H and O–H groups in total. The van der Waals surface area contributed by atoms with Crippen LogP contribution in [0.15, 0.2) is 0 Å². The molecule has 0 fully saturated rings. The number of hydrogen-bond acceptors (Lipinski definition) is 0. The number of hydrogen-bond donors (Lipinski definition) is 0. The Labute approximate surface area is 113 Å². The van der Waals surface area contributed by atoms with Gasteiger partial charge in [0.15, 0.2) is 0 Å². The molecule has 0 spiro atoms. The van der Waals surface area contributed by atoms with Crippen molar-refractivity contribution < 1.29 is 0 Å². The number of rotatable bonds is 10. The zero-order valence-electron chi connectivity index (χ0n) is 11.4. The first-order valence-corrected chi connectivity index (χ1v) is 9.82. The Morgan fingerprint density at radius 1 is 0.875 bits per heavy atom. The number of unbranched alkanes of at least 4 members (excludes halogenated alkanes) is 3. The summed E-state index contributed by atoms with van der Waals surface area (Å²) in [7, 11) is 0. The van der Waals surface area contributed by atoms with E-state index in [4.69, 9.17) is 6.42 Å². The Bertz CT molecular complexity index is 168. The summed E-state index contributed by atoms with van der Waals surface area (Å²) < 4.78 is 3.74. The van der Waals surface area contributed by atoms with E-state index in [0.717, 1.165) is 0 Å². The van der Waals surface area contributed by atoms with E-state index in [-0.39, 0.29) is 0 Å². The van der Waals surface area contributed by atoms with E-state index in [1.807, 2.05) is 0 Å². The zero-order chi connectivity index (χ0) is 12.3. The van der Waals surface area contributed by atoms with Crippen LogP contribution in [-0.2, 0) is 0 Å². The van der Waals surface area contributed by atoms with Gasteiger partial charge in [-0.3, -0.25) is 0 Å². The van der Waals surface area contributed by atoms with Crippen molar-refractivity contribution in [2.24, 2.45) is 0 Å². The fourth-order valence-electron chi connectivity index (χ4n) is 2.26. The van der Waals surface area contributed by atoms with Gasteiger partial charge in [0.1, 0.15) is 0 Å². The third-order valence-electron chi connectivity index (χ3n) is 3.36. The summed E-state index contributed by atoms with van der Waals surface area (Å²) >= 11 is -0.595. The molecule has 0 saturated carbocycles. The van der Waals surface area contributed by atoms with Crippen LogP contribution in [0, 0.1) is 10.4 Å². The van der Waals surface area contributed by atoms with E-state index in [1.165, 1.54) is 57.8 Å². The van der Waals surface area contributed by atoms with Crippen molar-refractivity contribution in [1.29, 1.82) is 0 Å². The molecule has 0 bridgehead atoms. The standard InChI is InChI=1S/C13H27.C2H.Sn/c1-4-7-10-13(11-8-5-2)12-9-6-3;1-2;/h4-12H2,1-3H3;1H;. The van der Waals surface area contributed by atoms with Crippen LogP contribution in [0.3, 0.4) is 0 Å². The fourth-order valence-corrected chi connectivity index (χ4v) is 5.72. The van der Waals surface area contributed by atoms with E-state index in [2.05, 4.69) is 24.7 Å². The van der Waals surface area contributed by atoms with Crippen molar-refractivity contribution in [2.45, 2.75) is 82.0 Å². The molecule has 0 atom stereocenters. The molecule has 0 aromatic carbocycles. The second-order valence-corrected chi connectivity index (χ2v) is 9.42. The maximum atomic E-state index is 5.66. The van der Waals surface area contributed by atoms with Crippen LogP contribution in [0.2, 0.25) is 3.43 Å². The van der Waals surface area contributed by atoms with E-state index in [1.54, 1.807) is 0 Å². The van der Waals surface area contributed by atoms with Crippen LogP contribution < -0.4 is 0 Å². The summed E-state index contributed by atoms with van der Waals surface area (Å²) in [6, 6.07) is 0. The minimum absolute atomic E-state index is 0.595. The molecule has 0 aromatic rings. The van der Waals surface area contributed by atoms with Gasteiger partial charge in [0.25, 0.3) is 0 Å². The van der Waals surface area contributed by atoms with E-state index < -0.39 is 21.1 Å². The Hall–Kier alpha value is 0.359. The van der Waals surface area contributed by atoms with Crippen molar-refractivity contribution in [3.05, 3.63) is 0 Å². The quantitative estimate of drug-likeness (QED) is 0.391. The van der Waals surface area contributed by atoms with Gasteiger partial charge in [-0.15, -0.1) is 0 Å². The van der Waals surface area contributed by atoms with Crippen molar-refractivity contribution in [3.8, 4) is 10.4 Å². The predicted octanol–water partition coefficient (Wildman–Crippen LogP) is 5.01. The second-order valence-electron chi connectivity index (χ2n) is 4.86. The van der Waals surface area contributed by atoms with Crippen LogP contribution in [0.1, 0.15) is 78.6 Å². The third-order valence-corrected chi connectivity index (χ3v) is 7.43. The maximum absolute atomic E-state index is 5.66. The molecule has 2 radical (unpaired) electrons. The van der Waals surface area contributed by atoms with Crippen molar-refractivity contribution in [3.63, 3.8) is 0 Å². The fraction of sp³-hybridized carbons (Fsp3) is 0.867. The van der Waals surface area contributed by atoms with Gasteiger partial charge >= 0.3 is 113 Å². The monoisotopic (exact) mass is 328 g/mol. The van der Waals surface area contributed by atoms with E-state index >= 15 is 0 Å². The van der Waals surface area contributed by atoms with Crippen molar-refractivity contribution in [1.82, 2.24) is 0 Å². The zero-order valence-corrected chi connectivity index (χ0v) is 14.3. The molecule has 0 saturated heterocycles. The first kappa shape index (κ1) is 16.4. The van der Waals surface area contributed by atoms with Crippen molar-refractivity contribution in [2.75, 3.05) is 0 Å². The summed E-state index contributed by atoms with van der Waals surface area (Å²) in [6.45, 7) is 6.89. The molecular weight excluding hydrogens is 299 g/mol. The normalized spacial score (nSPS) is 11.4. The first-order valence-electron chi connectivity index (χ1n) is 6.97. The van der Waals surface area contributed by atoms with Gasteiger partial charge < -0.3 is 0 Å². The van der Waals surface area contributed by atoms with Crippen LogP contribution in [0.25, 0.3) is 0 Å². The van der Waals surface area contributed by atoms with Crippen LogP contribution in [0.4, 0.5) is 0 Å². The second kappa shape index (κ2) is 10.5. The molecule has 0 aliphatic rings. The van der Waals surface area contributed by atoms with Crippen LogP contribution in [0.5, 0.6) is 0 Å². The van der Waals surface area contributed by atoms with Gasteiger partial charge in [-0.1, -0.05) is 0 Å². The summed E-state index contributed by atoms with van der Waals surface area (Å²) in [5.41, 5.74) is 0. The number of terminal acetylenes is 1. The third kappa shape index (κ3) is 6.84. The molecule has 0 amide bonds. The average Bonchev–Trinajstić information content (AvgIpc) is 2.31. The first-order chi connectivity index (χ1) is 7.74. The van der Waals surface area contributed by atoms with E-state index in [9.17, 15) is 0 Å². The predicted molar refractivity (Wildman–Crippen MR) is 75.9 cm³/mol.